The van der Waals surface area contributed by atoms with Crippen LogP contribution in [0, 0.1) is 0 Å². The molecule has 0 aromatic heterocycles. The summed E-state index contributed by atoms with van der Waals surface area (Å²) in [5, 5.41) is 3.46. The van der Waals surface area contributed by atoms with Gasteiger partial charge in [0.2, 0.25) is 11.8 Å². The van der Waals surface area contributed by atoms with Crippen LogP contribution in [-0.2, 0) is 9.59 Å². The van der Waals surface area contributed by atoms with E-state index in [1.165, 1.54) is 0 Å². The Morgan fingerprint density at radius 1 is 1.00 bits per heavy atom. The average Bonchev–Trinajstić information content (AvgIpc) is 3.37. The van der Waals surface area contributed by atoms with E-state index in [0.29, 0.717) is 36.1 Å². The van der Waals surface area contributed by atoms with Crippen LogP contribution >= 0.6 is 11.6 Å². The number of nitrogens with one attached hydrogen (secondary N) is 1. The summed E-state index contributed by atoms with van der Waals surface area (Å²) in [7, 11) is 1.56. The summed E-state index contributed by atoms with van der Waals surface area (Å²) in [4.78, 5) is 32.3. The summed E-state index contributed by atoms with van der Waals surface area (Å²) in [6.07, 6.45) is 2.21. The average molecular weight is 471 g/mol. The number of carbonyl (C=O) groups excluding carboxylic acids is 2. The quantitative estimate of drug-likeness (QED) is 0.672. The number of benzene rings is 2. The molecule has 2 aliphatic rings. The molecule has 2 saturated heterocycles. The number of ether oxygens (including phenoxy) is 1. The molecule has 2 aliphatic heterocycles. The van der Waals surface area contributed by atoms with Gasteiger partial charge >= 0.3 is 0 Å². The highest BCUT2D eigenvalue weighted by molar-refractivity contribution is 6.32. The lowest BCUT2D eigenvalue weighted by atomic mass is 10.0. The van der Waals surface area contributed by atoms with E-state index in [-0.39, 0.29) is 11.8 Å². The van der Waals surface area contributed by atoms with Gasteiger partial charge in [-0.1, -0.05) is 41.9 Å². The number of methoxy groups -OCH3 is 1. The summed E-state index contributed by atoms with van der Waals surface area (Å²) in [6.45, 7) is 5.15. The van der Waals surface area contributed by atoms with Crippen molar-refractivity contribution >= 4 is 29.1 Å². The molecule has 1 N–H and O–H groups in total. The van der Waals surface area contributed by atoms with Gasteiger partial charge in [0.1, 0.15) is 11.8 Å². The van der Waals surface area contributed by atoms with Gasteiger partial charge in [-0.3, -0.25) is 19.4 Å². The molecule has 0 aliphatic carbocycles. The number of anilines is 1. The predicted molar refractivity (Wildman–Crippen MR) is 130 cm³/mol. The van der Waals surface area contributed by atoms with Crippen LogP contribution in [0.1, 0.15) is 24.4 Å². The topological polar surface area (TPSA) is 65.1 Å². The Bertz CT molecular complexity index is 957. The van der Waals surface area contributed by atoms with Gasteiger partial charge in [-0.05, 0) is 36.6 Å². The van der Waals surface area contributed by atoms with E-state index in [1.807, 2.05) is 35.2 Å². The fraction of sp³-hybridized carbons (Fsp3) is 0.440. The molecule has 7 nitrogen and oxygen atoms in total. The van der Waals surface area contributed by atoms with E-state index in [9.17, 15) is 9.59 Å². The maximum atomic E-state index is 13.4. The van der Waals surface area contributed by atoms with Crippen LogP contribution in [-0.4, -0.2) is 79.4 Å². The van der Waals surface area contributed by atoms with E-state index in [4.69, 9.17) is 16.3 Å². The summed E-state index contributed by atoms with van der Waals surface area (Å²) in [6, 6.07) is 14.6. The van der Waals surface area contributed by atoms with Crippen LogP contribution < -0.4 is 10.1 Å². The minimum atomic E-state index is -0.427. The fourth-order valence-electron chi connectivity index (χ4n) is 4.56. The van der Waals surface area contributed by atoms with Gasteiger partial charge in [0.25, 0.3) is 0 Å². The number of nitrogens with zero attached hydrogens (tertiary/aromatic N) is 3. The molecule has 2 fully saturated rings. The number of carbonyl (C=O) groups is 2. The number of likely N-dealkylation sites (tertiary alicyclic amines) is 1. The highest BCUT2D eigenvalue weighted by Crippen LogP contribution is 2.29. The zero-order valence-corrected chi connectivity index (χ0v) is 19.8. The number of amides is 2. The van der Waals surface area contributed by atoms with Crippen LogP contribution in [0.15, 0.2) is 48.5 Å². The smallest absolute Gasteiger partial charge is 0.246 e. The summed E-state index contributed by atoms with van der Waals surface area (Å²) >= 11 is 6.24. The molecule has 4 rings (SSSR count). The van der Waals surface area contributed by atoms with Crippen molar-refractivity contribution in [3.8, 4) is 5.75 Å². The van der Waals surface area contributed by atoms with Gasteiger partial charge in [0.05, 0.1) is 18.7 Å². The highest BCUT2D eigenvalue weighted by atomic mass is 35.5. The third kappa shape index (κ3) is 5.85. The van der Waals surface area contributed by atoms with Gasteiger partial charge in [-0.15, -0.1) is 0 Å². The first kappa shape index (κ1) is 23.5. The first-order chi connectivity index (χ1) is 16.0. The highest BCUT2D eigenvalue weighted by Gasteiger charge is 2.31. The summed E-state index contributed by atoms with van der Waals surface area (Å²) in [5.74, 6) is 0.674. The first-order valence-electron chi connectivity index (χ1n) is 11.5. The minimum Gasteiger partial charge on any atom is -0.495 e. The van der Waals surface area contributed by atoms with Crippen molar-refractivity contribution in [1.82, 2.24) is 14.7 Å². The van der Waals surface area contributed by atoms with E-state index in [2.05, 4.69) is 15.1 Å². The Kier molecular flexibility index (Phi) is 7.85. The Labute approximate surface area is 200 Å². The zero-order chi connectivity index (χ0) is 23.2. The van der Waals surface area contributed by atoms with E-state index >= 15 is 0 Å². The van der Waals surface area contributed by atoms with Crippen LogP contribution in [0.2, 0.25) is 5.02 Å². The lowest BCUT2D eigenvalue weighted by Gasteiger charge is -2.39. The Balaban J connectivity index is 1.42. The maximum absolute atomic E-state index is 13.4. The molecule has 2 amide bonds. The molecule has 0 saturated carbocycles. The van der Waals surface area contributed by atoms with Crippen molar-refractivity contribution in [3.05, 3.63) is 59.1 Å². The molecule has 0 unspecified atom stereocenters. The maximum Gasteiger partial charge on any atom is 0.246 e. The minimum absolute atomic E-state index is 0.107. The van der Waals surface area contributed by atoms with E-state index < -0.39 is 6.04 Å². The standard InChI is InChI=1S/C25H31ClN4O3/c1-33-22-10-9-20(17-21(22)26)27-25(32)24(19-7-3-2-4-8-19)30-15-13-28(14-16-30)18-23(31)29-11-5-6-12-29/h2-4,7-10,17,24H,5-6,11-16,18H2,1H3,(H,27,32)/t24-/m1/s1. The molecule has 2 aromatic rings. The molecule has 0 spiro atoms. The van der Waals surface area contributed by atoms with Gasteiger partial charge in [0.15, 0.2) is 0 Å². The van der Waals surface area contributed by atoms with Crippen LogP contribution in [0.3, 0.4) is 0 Å². The molecule has 0 bridgehead atoms. The van der Waals surface area contributed by atoms with Gasteiger partial charge in [-0.25, -0.2) is 0 Å². The molecular weight excluding hydrogens is 440 g/mol. The second-order valence-electron chi connectivity index (χ2n) is 8.55. The van der Waals surface area contributed by atoms with Crippen molar-refractivity contribution in [1.29, 1.82) is 0 Å². The number of hydrogen-bond acceptors (Lipinski definition) is 5. The molecule has 0 radical (unpaired) electrons. The van der Waals surface area contributed by atoms with Gasteiger partial charge in [-0.2, -0.15) is 0 Å². The molecule has 8 heteroatoms. The predicted octanol–water partition coefficient (Wildman–Crippen LogP) is 3.27. The van der Waals surface area contributed by atoms with E-state index in [1.54, 1.807) is 25.3 Å². The van der Waals surface area contributed by atoms with Crippen molar-refractivity contribution in [3.63, 3.8) is 0 Å². The Morgan fingerprint density at radius 2 is 1.70 bits per heavy atom. The zero-order valence-electron chi connectivity index (χ0n) is 19.0. The summed E-state index contributed by atoms with van der Waals surface area (Å²) in [5.41, 5.74) is 1.57. The van der Waals surface area contributed by atoms with Gasteiger partial charge in [0, 0.05) is 45.0 Å². The normalized spacial score (nSPS) is 18.2. The third-order valence-corrected chi connectivity index (χ3v) is 6.67. The van der Waals surface area contributed by atoms with Crippen LogP contribution in [0.5, 0.6) is 5.75 Å². The molecule has 176 valence electrons. The lowest BCUT2D eigenvalue weighted by molar-refractivity contribution is -0.132. The first-order valence-corrected chi connectivity index (χ1v) is 11.9. The number of hydrogen-bond donors (Lipinski definition) is 1. The SMILES string of the molecule is COc1ccc(NC(=O)[C@@H](c2ccccc2)N2CCN(CC(=O)N3CCCC3)CC2)cc1Cl. The number of halogens is 1. The lowest BCUT2D eigenvalue weighted by Crippen LogP contribution is -2.52. The molecule has 33 heavy (non-hydrogen) atoms. The van der Waals surface area contributed by atoms with Crippen molar-refractivity contribution in [2.45, 2.75) is 18.9 Å². The van der Waals surface area contributed by atoms with Crippen molar-refractivity contribution in [2.75, 3.05) is 58.2 Å². The molecule has 2 aromatic carbocycles. The third-order valence-electron chi connectivity index (χ3n) is 6.37. The largest absolute Gasteiger partial charge is 0.495 e. The monoisotopic (exact) mass is 470 g/mol. The van der Waals surface area contributed by atoms with Crippen molar-refractivity contribution in [2.24, 2.45) is 0 Å². The van der Waals surface area contributed by atoms with Crippen LogP contribution in [0.4, 0.5) is 5.69 Å². The Hall–Kier alpha value is -2.61. The fourth-order valence-corrected chi connectivity index (χ4v) is 4.81. The second kappa shape index (κ2) is 11.0. The molecule has 1 atom stereocenters. The van der Waals surface area contributed by atoms with Crippen molar-refractivity contribution < 1.29 is 14.3 Å². The molecule has 2 heterocycles. The molecular formula is C25H31ClN4O3. The second-order valence-corrected chi connectivity index (χ2v) is 8.96. The van der Waals surface area contributed by atoms with Gasteiger partial charge < -0.3 is 15.0 Å². The Morgan fingerprint density at radius 3 is 2.33 bits per heavy atom. The van der Waals surface area contributed by atoms with Crippen LogP contribution in [0.25, 0.3) is 0 Å². The summed E-state index contributed by atoms with van der Waals surface area (Å²) < 4.78 is 5.20. The van der Waals surface area contributed by atoms with E-state index in [0.717, 1.165) is 44.6 Å². The number of rotatable bonds is 7. The number of piperazine rings is 1.